The summed E-state index contributed by atoms with van der Waals surface area (Å²) in [5, 5.41) is 0. The first-order valence-corrected chi connectivity index (χ1v) is 28.2. The summed E-state index contributed by atoms with van der Waals surface area (Å²) in [6.07, 6.45) is 11.4. The van der Waals surface area contributed by atoms with Crippen molar-refractivity contribution in [3.05, 3.63) is 231 Å². The van der Waals surface area contributed by atoms with Crippen LogP contribution in [0.3, 0.4) is 0 Å². The van der Waals surface area contributed by atoms with Gasteiger partial charge in [0.1, 0.15) is 0 Å². The summed E-state index contributed by atoms with van der Waals surface area (Å²) < 4.78 is 2.96. The number of hydrogen-bond donors (Lipinski definition) is 0. The number of aliphatic imine (C=N–C) groups is 3. The van der Waals surface area contributed by atoms with E-state index in [0.717, 1.165) is 153 Å². The summed E-state index contributed by atoms with van der Waals surface area (Å²) in [7, 11) is 0. The molecule has 4 bridgehead atoms. The monoisotopic (exact) mass is 1370 g/mol. The van der Waals surface area contributed by atoms with Crippen LogP contribution in [0.4, 0.5) is 0 Å². The molecule has 4 aliphatic carbocycles. The van der Waals surface area contributed by atoms with Crippen molar-refractivity contribution in [1.29, 1.82) is 0 Å². The molecule has 0 spiro atoms. The van der Waals surface area contributed by atoms with E-state index in [1.165, 1.54) is 0 Å². The van der Waals surface area contributed by atoms with Crippen molar-refractivity contribution in [2.24, 2.45) is 20.9 Å². The second kappa shape index (κ2) is 22.0. The summed E-state index contributed by atoms with van der Waals surface area (Å²) >= 11 is 11.0. The minimum Gasteiger partial charge on any atom is -0.304 e. The molecule has 4 aliphatic rings. The topological polar surface area (TPSA) is 75.8 Å². The predicted molar refractivity (Wildman–Crippen MR) is 321 cm³/mol. The molecule has 0 radical (unpaired) electrons. The molecule has 3 aromatic heterocycles. The minimum atomic E-state index is -0.441. The molecule has 4 fully saturated rings. The van der Waals surface area contributed by atoms with Gasteiger partial charge in [0.25, 0.3) is 0 Å². The third-order valence-corrected chi connectivity index (χ3v) is 16.9. The normalized spacial score (nSPS) is 21.0. The van der Waals surface area contributed by atoms with E-state index in [1.54, 1.807) is 0 Å². The molecule has 0 aliphatic heterocycles. The third kappa shape index (κ3) is 11.0. The van der Waals surface area contributed by atoms with Crippen molar-refractivity contribution in [2.75, 3.05) is 0 Å². The zero-order valence-corrected chi connectivity index (χ0v) is 49.9. The van der Waals surface area contributed by atoms with Crippen LogP contribution >= 0.6 is 47.8 Å². The van der Waals surface area contributed by atoms with Crippen LogP contribution in [0.25, 0.3) is 67.2 Å². The number of pyridine rings is 3. The Morgan fingerprint density at radius 3 is 0.987 bits per heavy atom. The van der Waals surface area contributed by atoms with Gasteiger partial charge in [-0.05, 0) is 116 Å². The summed E-state index contributed by atoms with van der Waals surface area (Å²) in [5.41, 5.74) is 16.6. The van der Waals surface area contributed by atoms with Crippen LogP contribution in [0.5, 0.6) is 0 Å². The van der Waals surface area contributed by atoms with Crippen molar-refractivity contribution in [3.63, 3.8) is 0 Å². The fourth-order valence-electron chi connectivity index (χ4n) is 12.9. The van der Waals surface area contributed by atoms with Crippen molar-refractivity contribution >= 4 is 64.9 Å². The molecule has 6 aromatic carbocycles. The first-order valence-electron chi connectivity index (χ1n) is 25.8. The molecule has 0 saturated heterocycles. The van der Waals surface area contributed by atoms with Crippen LogP contribution in [-0.2, 0) is 20.1 Å². The van der Waals surface area contributed by atoms with Gasteiger partial charge >= 0.3 is 20.1 Å². The molecule has 10 heteroatoms. The smallest absolute Gasteiger partial charge is 0.304 e. The Balaban J connectivity index is 0.00000631. The molecule has 0 atom stereocenters. The summed E-state index contributed by atoms with van der Waals surface area (Å²) in [6, 6.07) is 66.6. The average molecular weight is 1370 g/mol. The third-order valence-electron chi connectivity index (χ3n) is 15.4. The minimum absolute atomic E-state index is 0. The van der Waals surface area contributed by atoms with Gasteiger partial charge < -0.3 is 15.0 Å². The van der Waals surface area contributed by atoms with Gasteiger partial charge in [-0.3, -0.25) is 15.0 Å². The van der Waals surface area contributed by atoms with Crippen molar-refractivity contribution in [2.45, 2.75) is 75.9 Å². The number of benzene rings is 6. The Labute approximate surface area is 490 Å². The van der Waals surface area contributed by atoms with E-state index in [-0.39, 0.29) is 20.1 Å². The Kier molecular flexibility index (Phi) is 15.1. The van der Waals surface area contributed by atoms with E-state index in [9.17, 15) is 0 Å². The molecule has 4 saturated carbocycles. The van der Waals surface area contributed by atoms with Gasteiger partial charge in [-0.25, -0.2) is 0 Å². The summed E-state index contributed by atoms with van der Waals surface area (Å²) in [5.74, 6) is 0.351. The largest absolute Gasteiger partial charge is 3.00 e. The maximum atomic E-state index is 6.01. The van der Waals surface area contributed by atoms with Gasteiger partial charge in [-0.1, -0.05) is 170 Å². The number of hydrogen-bond acceptors (Lipinski definition) is 6. The van der Waals surface area contributed by atoms with Crippen LogP contribution in [-0.4, -0.2) is 48.7 Å². The summed E-state index contributed by atoms with van der Waals surface area (Å²) in [6.45, 7) is 6.54. The van der Waals surface area contributed by atoms with Crippen molar-refractivity contribution in [1.82, 2.24) is 15.0 Å². The van der Waals surface area contributed by atoms with Gasteiger partial charge in [-0.15, -0.1) is 89.5 Å². The van der Waals surface area contributed by atoms with E-state index < -0.39 is 16.6 Å². The molecule has 3 heterocycles. The zero-order chi connectivity index (χ0) is 52.0. The number of halogens is 3. The maximum Gasteiger partial charge on any atom is 3.00 e. The molecule has 0 unspecified atom stereocenters. The molecular formula is C67H52Br3IrN6. The van der Waals surface area contributed by atoms with Gasteiger partial charge in [0.05, 0.1) is 16.6 Å². The Morgan fingerprint density at radius 1 is 0.429 bits per heavy atom. The Hall–Kier alpha value is -6.13. The van der Waals surface area contributed by atoms with E-state index >= 15 is 0 Å². The van der Waals surface area contributed by atoms with Crippen molar-refractivity contribution < 1.29 is 20.1 Å². The molecule has 9 aromatic rings. The fourth-order valence-corrected chi connectivity index (χ4v) is 14.0. The fraction of sp³-hybridized carbons (Fsp3) is 0.194. The molecular weight excluding hydrogens is 1320 g/mol. The van der Waals surface area contributed by atoms with E-state index in [1.807, 2.05) is 55.0 Å². The van der Waals surface area contributed by atoms with Crippen molar-refractivity contribution in [3.8, 4) is 67.2 Å². The Bertz CT molecular complexity index is 3370. The van der Waals surface area contributed by atoms with Gasteiger partial charge in [-0.2, -0.15) is 0 Å². The molecule has 0 N–H and O–H groups in total. The number of rotatable bonds is 12. The zero-order valence-electron chi connectivity index (χ0n) is 42.8. The average Bonchev–Trinajstić information content (AvgIpc) is 3.53. The van der Waals surface area contributed by atoms with E-state index in [0.29, 0.717) is 5.92 Å². The quantitative estimate of drug-likeness (QED) is 0.0903. The van der Waals surface area contributed by atoms with Crippen LogP contribution < -0.4 is 0 Å². The van der Waals surface area contributed by atoms with Crippen LogP contribution in [0.1, 0.15) is 76.0 Å². The molecule has 6 nitrogen and oxygen atoms in total. The maximum absolute atomic E-state index is 6.01. The second-order valence-electron chi connectivity index (χ2n) is 21.0. The van der Waals surface area contributed by atoms with Crippen LogP contribution in [0.2, 0.25) is 0 Å². The SMILES string of the molecule is CC(=NC12CC3CC(N=C(C)c4cnc(-c5[c-]ccc(Br)c5)cc4-c4ccccc4)(C1)CC(N=C(C)c1cnc(-c4[c-]ccc(Br)c4)cc1-c1ccccc1)(C3)C2)c1cnc(-c2[c-]ccc(Br)c2)cc1-c1ccccc1.[Ir+3]. The van der Waals surface area contributed by atoms with Crippen LogP contribution in [0, 0.1) is 24.1 Å². The first kappa shape index (κ1) is 52.9. The predicted octanol–water partition coefficient (Wildman–Crippen LogP) is 17.6. The second-order valence-corrected chi connectivity index (χ2v) is 23.7. The first-order chi connectivity index (χ1) is 36.9. The van der Waals surface area contributed by atoms with E-state index in [2.05, 4.69) is 214 Å². The van der Waals surface area contributed by atoms with Crippen LogP contribution in [0.15, 0.2) is 211 Å². The number of nitrogens with zero attached hydrogens (tertiary/aromatic N) is 6. The Morgan fingerprint density at radius 2 is 0.714 bits per heavy atom. The molecule has 0 amide bonds. The molecule has 380 valence electrons. The molecule has 13 rings (SSSR count). The molecule has 77 heavy (non-hydrogen) atoms. The number of aromatic nitrogens is 3. The van der Waals surface area contributed by atoms with E-state index in [4.69, 9.17) is 29.9 Å². The summed E-state index contributed by atoms with van der Waals surface area (Å²) in [4.78, 5) is 33.3. The van der Waals surface area contributed by atoms with Gasteiger partial charge in [0.2, 0.25) is 0 Å². The standard InChI is InChI=1S/C67H52Br3N6.Ir/c1-43(59-37-71-62(50-22-13-25-53(68)28-50)31-56(59)47-16-7-4-8-17-47)74-65-34-46-35-66(40-65,75-44(2)60-38-72-63(51-23-14-26-54(69)29-51)32-57(60)48-18-9-5-10-19-48)42-67(36-46,41-65)76-45(3)61-39-73-64(52-24-15-27-55(70)30-52)33-58(61)49-20-11-6-12-21-49;/h4-21,25-33,37-39,46H,34-36,40-42H2,1-3H3;/q-3;+3. The van der Waals surface area contributed by atoms with Gasteiger partial charge in [0, 0.05) is 52.4 Å². The van der Waals surface area contributed by atoms with Gasteiger partial charge in [0.15, 0.2) is 0 Å².